The Morgan fingerprint density at radius 3 is 3.06 bits per heavy atom. The van der Waals surface area contributed by atoms with Crippen molar-refractivity contribution in [3.63, 3.8) is 0 Å². The number of hydrogen-bond acceptors (Lipinski definition) is 2. The average Bonchev–Trinajstić information content (AvgIpc) is 2.63. The molecule has 2 nitrogen and oxygen atoms in total. The number of pyridine rings is 1. The Kier molecular flexibility index (Phi) is 3.11. The van der Waals surface area contributed by atoms with E-state index in [4.69, 9.17) is 5.73 Å². The Labute approximate surface area is 108 Å². The second-order valence-electron chi connectivity index (χ2n) is 5.01. The minimum atomic E-state index is 0.210. The maximum Gasteiger partial charge on any atom is 0.0708 e. The second kappa shape index (κ2) is 4.91. The van der Waals surface area contributed by atoms with Crippen LogP contribution in [0.3, 0.4) is 0 Å². The molecule has 1 aromatic heterocycles. The Bertz CT molecular complexity index is 586. The summed E-state index contributed by atoms with van der Waals surface area (Å²) in [6, 6.07) is 10.8. The highest BCUT2D eigenvalue weighted by atomic mass is 14.6. The number of benzene rings is 1. The van der Waals surface area contributed by atoms with Crippen molar-refractivity contribution in [3.05, 3.63) is 48.2 Å². The van der Waals surface area contributed by atoms with Crippen molar-refractivity contribution in [2.24, 2.45) is 5.73 Å². The summed E-state index contributed by atoms with van der Waals surface area (Å²) in [7, 11) is 0. The molecule has 3 rings (SSSR count). The van der Waals surface area contributed by atoms with Crippen LogP contribution in [0.1, 0.15) is 31.2 Å². The molecule has 92 valence electrons. The van der Waals surface area contributed by atoms with Gasteiger partial charge in [-0.25, -0.2) is 0 Å². The van der Waals surface area contributed by atoms with Crippen molar-refractivity contribution in [1.82, 2.24) is 4.98 Å². The second-order valence-corrected chi connectivity index (χ2v) is 5.01. The first-order valence-electron chi connectivity index (χ1n) is 6.64. The lowest BCUT2D eigenvalue weighted by atomic mass is 9.99. The summed E-state index contributed by atoms with van der Waals surface area (Å²) >= 11 is 0. The molecule has 0 spiro atoms. The van der Waals surface area contributed by atoms with Gasteiger partial charge in [-0.3, -0.25) is 4.98 Å². The molecule has 2 heteroatoms. The molecular weight excluding hydrogens is 220 g/mol. The molecular formula is C16H18N2. The van der Waals surface area contributed by atoms with E-state index in [1.54, 1.807) is 0 Å². The van der Waals surface area contributed by atoms with Crippen molar-refractivity contribution in [3.8, 4) is 0 Å². The number of fused-ring (bicyclic) bond motifs is 1. The van der Waals surface area contributed by atoms with E-state index in [0.29, 0.717) is 0 Å². The third-order valence-electron chi connectivity index (χ3n) is 3.63. The molecule has 1 aliphatic carbocycles. The highest BCUT2D eigenvalue weighted by molar-refractivity contribution is 5.83. The van der Waals surface area contributed by atoms with Crippen LogP contribution in [0.4, 0.5) is 0 Å². The van der Waals surface area contributed by atoms with Gasteiger partial charge in [0.2, 0.25) is 0 Å². The van der Waals surface area contributed by atoms with E-state index in [-0.39, 0.29) is 6.04 Å². The predicted molar refractivity (Wildman–Crippen MR) is 76.2 cm³/mol. The molecule has 0 radical (unpaired) electrons. The van der Waals surface area contributed by atoms with Gasteiger partial charge in [0.05, 0.1) is 5.52 Å². The van der Waals surface area contributed by atoms with Crippen molar-refractivity contribution in [1.29, 1.82) is 0 Å². The normalized spacial score (nSPS) is 20.5. The monoisotopic (exact) mass is 238 g/mol. The van der Waals surface area contributed by atoms with Crippen LogP contribution in [0.2, 0.25) is 0 Å². The third-order valence-corrected chi connectivity index (χ3v) is 3.63. The lowest BCUT2D eigenvalue weighted by Crippen LogP contribution is -2.15. The van der Waals surface area contributed by atoms with Crippen LogP contribution in [-0.4, -0.2) is 11.0 Å². The summed E-state index contributed by atoms with van der Waals surface area (Å²) in [4.78, 5) is 4.42. The van der Waals surface area contributed by atoms with Crippen LogP contribution in [0.15, 0.2) is 42.6 Å². The molecule has 0 saturated heterocycles. The molecule has 0 bridgehead atoms. The van der Waals surface area contributed by atoms with Crippen LogP contribution >= 0.6 is 0 Å². The average molecular weight is 238 g/mol. The Morgan fingerprint density at radius 2 is 2.11 bits per heavy atom. The summed E-state index contributed by atoms with van der Waals surface area (Å²) < 4.78 is 0. The summed E-state index contributed by atoms with van der Waals surface area (Å²) in [5.41, 5.74) is 9.81. The summed E-state index contributed by atoms with van der Waals surface area (Å²) in [6.45, 7) is 0. The highest BCUT2D eigenvalue weighted by Gasteiger charge is 2.10. The molecule has 18 heavy (non-hydrogen) atoms. The number of hydrogen-bond donors (Lipinski definition) is 1. The zero-order chi connectivity index (χ0) is 12.4. The fourth-order valence-electron chi connectivity index (χ4n) is 2.63. The van der Waals surface area contributed by atoms with E-state index in [9.17, 15) is 0 Å². The van der Waals surface area contributed by atoms with Gasteiger partial charge in [-0.1, -0.05) is 30.7 Å². The third kappa shape index (κ3) is 2.29. The fraction of sp³-hybridized carbons (Fsp3) is 0.312. The molecule has 2 N–H and O–H groups in total. The quantitative estimate of drug-likeness (QED) is 0.825. The van der Waals surface area contributed by atoms with Gasteiger partial charge >= 0.3 is 0 Å². The predicted octanol–water partition coefficient (Wildman–Crippen LogP) is 3.52. The highest BCUT2D eigenvalue weighted by Crippen LogP contribution is 2.27. The Morgan fingerprint density at radius 1 is 1.17 bits per heavy atom. The van der Waals surface area contributed by atoms with Crippen molar-refractivity contribution < 1.29 is 0 Å². The van der Waals surface area contributed by atoms with Gasteiger partial charge < -0.3 is 5.73 Å². The van der Waals surface area contributed by atoms with E-state index < -0.39 is 0 Å². The van der Waals surface area contributed by atoms with E-state index in [1.807, 2.05) is 12.3 Å². The number of nitrogens with two attached hydrogens (primary N) is 1. The number of nitrogens with zero attached hydrogens (tertiary/aromatic N) is 1. The maximum atomic E-state index is 6.08. The summed E-state index contributed by atoms with van der Waals surface area (Å²) in [6.07, 6.45) is 8.78. The van der Waals surface area contributed by atoms with Gasteiger partial charge in [0.15, 0.2) is 0 Å². The zero-order valence-electron chi connectivity index (χ0n) is 10.5. The van der Waals surface area contributed by atoms with Gasteiger partial charge in [-0.15, -0.1) is 0 Å². The summed E-state index contributed by atoms with van der Waals surface area (Å²) in [5.74, 6) is 0. The number of aromatic nitrogens is 1. The molecule has 1 atom stereocenters. The Balaban J connectivity index is 2.03. The SMILES string of the molecule is NC1C=C(c2ccc3cccnc3c2)CCCC1. The van der Waals surface area contributed by atoms with Crippen LogP contribution in [-0.2, 0) is 0 Å². The molecule has 0 fully saturated rings. The number of rotatable bonds is 1. The van der Waals surface area contributed by atoms with E-state index in [1.165, 1.54) is 29.4 Å². The molecule has 0 amide bonds. The molecule has 1 heterocycles. The topological polar surface area (TPSA) is 38.9 Å². The standard InChI is InChI=1S/C16H18N2/c17-15-6-2-1-4-13(10-15)14-8-7-12-5-3-9-18-16(12)11-14/h3,5,7-11,15H,1-2,4,6,17H2. The molecule has 0 saturated carbocycles. The minimum absolute atomic E-state index is 0.210. The van der Waals surface area contributed by atoms with Gasteiger partial charge in [-0.2, -0.15) is 0 Å². The smallest absolute Gasteiger partial charge is 0.0708 e. The lowest BCUT2D eigenvalue weighted by Gasteiger charge is -2.08. The van der Waals surface area contributed by atoms with Crippen molar-refractivity contribution in [2.45, 2.75) is 31.7 Å². The molecule has 1 aliphatic rings. The van der Waals surface area contributed by atoms with Crippen LogP contribution < -0.4 is 5.73 Å². The first kappa shape index (κ1) is 11.4. The van der Waals surface area contributed by atoms with Gasteiger partial charge in [-0.05, 0) is 42.5 Å². The molecule has 1 aromatic carbocycles. The molecule has 2 aromatic rings. The Hall–Kier alpha value is -1.67. The number of allylic oxidation sites excluding steroid dienone is 1. The van der Waals surface area contributed by atoms with E-state index in [2.05, 4.69) is 35.3 Å². The first-order chi connectivity index (χ1) is 8.83. The van der Waals surface area contributed by atoms with Gasteiger partial charge in [0.25, 0.3) is 0 Å². The van der Waals surface area contributed by atoms with E-state index in [0.717, 1.165) is 18.4 Å². The maximum absolute atomic E-state index is 6.08. The van der Waals surface area contributed by atoms with E-state index >= 15 is 0 Å². The van der Waals surface area contributed by atoms with Crippen LogP contribution in [0.25, 0.3) is 16.5 Å². The zero-order valence-corrected chi connectivity index (χ0v) is 10.5. The van der Waals surface area contributed by atoms with Gasteiger partial charge in [0, 0.05) is 17.6 Å². The fourth-order valence-corrected chi connectivity index (χ4v) is 2.63. The van der Waals surface area contributed by atoms with Crippen LogP contribution in [0, 0.1) is 0 Å². The van der Waals surface area contributed by atoms with Crippen molar-refractivity contribution >= 4 is 16.5 Å². The van der Waals surface area contributed by atoms with Gasteiger partial charge in [0.1, 0.15) is 0 Å². The molecule has 1 unspecified atom stereocenters. The largest absolute Gasteiger partial charge is 0.324 e. The molecule has 0 aliphatic heterocycles. The lowest BCUT2D eigenvalue weighted by molar-refractivity contribution is 0.658. The van der Waals surface area contributed by atoms with Crippen molar-refractivity contribution in [2.75, 3.05) is 0 Å². The van der Waals surface area contributed by atoms with Crippen LogP contribution in [0.5, 0.6) is 0 Å². The summed E-state index contributed by atoms with van der Waals surface area (Å²) in [5, 5.41) is 1.19. The minimum Gasteiger partial charge on any atom is -0.324 e. The first-order valence-corrected chi connectivity index (χ1v) is 6.64.